The van der Waals surface area contributed by atoms with Crippen LogP contribution in [0, 0.1) is 25.7 Å². The van der Waals surface area contributed by atoms with Crippen molar-refractivity contribution in [2.24, 2.45) is 0 Å². The van der Waals surface area contributed by atoms with Crippen molar-refractivity contribution in [2.75, 3.05) is 11.5 Å². The van der Waals surface area contributed by atoms with Crippen molar-refractivity contribution in [1.29, 1.82) is 0 Å². The van der Waals surface area contributed by atoms with Gasteiger partial charge in [0.25, 0.3) is 0 Å². The Morgan fingerprint density at radius 2 is 1.11 bits per heavy atom. The Labute approximate surface area is 108 Å². The number of nitrogen functional groups attached to an aromatic ring is 2. The standard InChI is InChI=1S/C16H16N2/c1-11-9-13(5-7-15(11)17)3-4-14-6-8-16(18)12(2)10-14/h5-10H,17-18H2,1-2H3. The normalized spacial score (nSPS) is 9.67. The maximum Gasteiger partial charge on any atom is 0.0344 e. The number of benzene rings is 2. The van der Waals surface area contributed by atoms with E-state index in [0.29, 0.717) is 0 Å². The molecule has 2 aromatic rings. The smallest absolute Gasteiger partial charge is 0.0344 e. The molecule has 2 aromatic carbocycles. The predicted octanol–water partition coefficient (Wildman–Crippen LogP) is 2.87. The maximum absolute atomic E-state index is 5.77. The highest BCUT2D eigenvalue weighted by Crippen LogP contribution is 2.13. The Bertz CT molecular complexity index is 590. The van der Waals surface area contributed by atoms with Crippen LogP contribution < -0.4 is 11.5 Å². The van der Waals surface area contributed by atoms with Crippen molar-refractivity contribution < 1.29 is 0 Å². The number of nitrogens with two attached hydrogens (primary N) is 2. The zero-order valence-electron chi connectivity index (χ0n) is 10.6. The zero-order valence-corrected chi connectivity index (χ0v) is 10.6. The Morgan fingerprint density at radius 1 is 0.722 bits per heavy atom. The largest absolute Gasteiger partial charge is 0.399 e. The summed E-state index contributed by atoms with van der Waals surface area (Å²) < 4.78 is 0. The highest BCUT2D eigenvalue weighted by Gasteiger charge is 1.95. The molecule has 0 unspecified atom stereocenters. The highest BCUT2D eigenvalue weighted by atomic mass is 14.6. The minimum atomic E-state index is 0.795. The summed E-state index contributed by atoms with van der Waals surface area (Å²) >= 11 is 0. The molecule has 0 bridgehead atoms. The Morgan fingerprint density at radius 3 is 1.44 bits per heavy atom. The molecule has 2 rings (SSSR count). The lowest BCUT2D eigenvalue weighted by Crippen LogP contribution is -1.90. The summed E-state index contributed by atoms with van der Waals surface area (Å²) in [4.78, 5) is 0. The van der Waals surface area contributed by atoms with E-state index >= 15 is 0 Å². The van der Waals surface area contributed by atoms with Crippen LogP contribution in [0.3, 0.4) is 0 Å². The summed E-state index contributed by atoms with van der Waals surface area (Å²) in [5.41, 5.74) is 17.2. The topological polar surface area (TPSA) is 52.0 Å². The van der Waals surface area contributed by atoms with Crippen LogP contribution in [-0.2, 0) is 0 Å². The number of aryl methyl sites for hydroxylation is 2. The van der Waals surface area contributed by atoms with Gasteiger partial charge in [-0.3, -0.25) is 0 Å². The van der Waals surface area contributed by atoms with Crippen molar-refractivity contribution in [3.8, 4) is 11.8 Å². The van der Waals surface area contributed by atoms with Gasteiger partial charge in [-0.05, 0) is 61.4 Å². The van der Waals surface area contributed by atoms with Crippen LogP contribution in [0.4, 0.5) is 11.4 Å². The first-order chi connectivity index (χ1) is 8.56. The van der Waals surface area contributed by atoms with Gasteiger partial charge < -0.3 is 11.5 Å². The molecule has 0 saturated carbocycles. The van der Waals surface area contributed by atoms with Gasteiger partial charge in [0, 0.05) is 22.5 Å². The van der Waals surface area contributed by atoms with Gasteiger partial charge in [-0.15, -0.1) is 0 Å². The quantitative estimate of drug-likeness (QED) is 0.546. The lowest BCUT2D eigenvalue weighted by atomic mass is 10.1. The molecular weight excluding hydrogens is 220 g/mol. The third-order valence-electron chi connectivity index (χ3n) is 2.89. The van der Waals surface area contributed by atoms with Crippen molar-refractivity contribution in [1.82, 2.24) is 0 Å². The molecule has 0 radical (unpaired) electrons. The molecule has 0 aromatic heterocycles. The molecule has 0 amide bonds. The average Bonchev–Trinajstić information content (AvgIpc) is 2.35. The number of hydrogen-bond acceptors (Lipinski definition) is 2. The second kappa shape index (κ2) is 4.85. The second-order valence-electron chi connectivity index (χ2n) is 4.39. The van der Waals surface area contributed by atoms with Gasteiger partial charge in [0.05, 0.1) is 0 Å². The zero-order chi connectivity index (χ0) is 13.1. The first-order valence-corrected chi connectivity index (χ1v) is 5.80. The van der Waals surface area contributed by atoms with E-state index in [1.165, 1.54) is 0 Å². The lowest BCUT2D eigenvalue weighted by Gasteiger charge is -2.00. The van der Waals surface area contributed by atoms with E-state index in [1.54, 1.807) is 0 Å². The van der Waals surface area contributed by atoms with Gasteiger partial charge in [-0.25, -0.2) is 0 Å². The maximum atomic E-state index is 5.77. The van der Waals surface area contributed by atoms with Crippen LogP contribution in [-0.4, -0.2) is 0 Å². The molecule has 0 fully saturated rings. The molecular formula is C16H16N2. The van der Waals surface area contributed by atoms with Crippen LogP contribution in [0.25, 0.3) is 0 Å². The monoisotopic (exact) mass is 236 g/mol. The predicted molar refractivity (Wildman–Crippen MR) is 77.2 cm³/mol. The number of hydrogen-bond donors (Lipinski definition) is 2. The van der Waals surface area contributed by atoms with Crippen LogP contribution in [0.2, 0.25) is 0 Å². The summed E-state index contributed by atoms with van der Waals surface area (Å²) in [6, 6.07) is 11.6. The van der Waals surface area contributed by atoms with E-state index in [4.69, 9.17) is 11.5 Å². The van der Waals surface area contributed by atoms with Gasteiger partial charge in [-0.1, -0.05) is 11.8 Å². The van der Waals surface area contributed by atoms with Gasteiger partial charge in [-0.2, -0.15) is 0 Å². The second-order valence-corrected chi connectivity index (χ2v) is 4.39. The van der Waals surface area contributed by atoms with E-state index < -0.39 is 0 Å². The molecule has 0 aliphatic heterocycles. The summed E-state index contributed by atoms with van der Waals surface area (Å²) in [5.74, 6) is 6.26. The summed E-state index contributed by atoms with van der Waals surface area (Å²) in [6.07, 6.45) is 0. The van der Waals surface area contributed by atoms with Crippen LogP contribution >= 0.6 is 0 Å². The van der Waals surface area contributed by atoms with E-state index in [-0.39, 0.29) is 0 Å². The van der Waals surface area contributed by atoms with Gasteiger partial charge >= 0.3 is 0 Å². The summed E-state index contributed by atoms with van der Waals surface area (Å²) in [5, 5.41) is 0. The Balaban J connectivity index is 2.30. The van der Waals surface area contributed by atoms with E-state index in [2.05, 4.69) is 11.8 Å². The fourth-order valence-corrected chi connectivity index (χ4v) is 1.65. The van der Waals surface area contributed by atoms with E-state index in [9.17, 15) is 0 Å². The van der Waals surface area contributed by atoms with Crippen LogP contribution in [0.1, 0.15) is 22.3 Å². The molecule has 2 heteroatoms. The third-order valence-corrected chi connectivity index (χ3v) is 2.89. The minimum absolute atomic E-state index is 0.795. The van der Waals surface area contributed by atoms with Crippen LogP contribution in [0.15, 0.2) is 36.4 Å². The molecule has 0 atom stereocenters. The Kier molecular flexibility index (Phi) is 3.25. The van der Waals surface area contributed by atoms with Crippen molar-refractivity contribution in [2.45, 2.75) is 13.8 Å². The fraction of sp³-hybridized carbons (Fsp3) is 0.125. The molecule has 0 saturated heterocycles. The highest BCUT2D eigenvalue weighted by molar-refractivity contribution is 5.55. The van der Waals surface area contributed by atoms with Crippen molar-refractivity contribution in [3.63, 3.8) is 0 Å². The number of rotatable bonds is 0. The average molecular weight is 236 g/mol. The molecule has 4 N–H and O–H groups in total. The molecule has 18 heavy (non-hydrogen) atoms. The molecule has 0 heterocycles. The van der Waals surface area contributed by atoms with Crippen LogP contribution in [0.5, 0.6) is 0 Å². The Hall–Kier alpha value is -2.40. The number of anilines is 2. The first-order valence-electron chi connectivity index (χ1n) is 5.80. The fourth-order valence-electron chi connectivity index (χ4n) is 1.65. The van der Waals surface area contributed by atoms with E-state index in [1.807, 2.05) is 50.2 Å². The molecule has 0 aliphatic carbocycles. The summed E-state index contributed by atoms with van der Waals surface area (Å²) in [7, 11) is 0. The molecule has 90 valence electrons. The minimum Gasteiger partial charge on any atom is -0.399 e. The lowest BCUT2D eigenvalue weighted by molar-refractivity contribution is 1.45. The van der Waals surface area contributed by atoms with E-state index in [0.717, 1.165) is 33.6 Å². The molecule has 0 aliphatic rings. The van der Waals surface area contributed by atoms with Crippen molar-refractivity contribution in [3.05, 3.63) is 58.7 Å². The van der Waals surface area contributed by atoms with Crippen molar-refractivity contribution >= 4 is 11.4 Å². The van der Waals surface area contributed by atoms with Gasteiger partial charge in [0.15, 0.2) is 0 Å². The molecule has 0 spiro atoms. The van der Waals surface area contributed by atoms with Gasteiger partial charge in [0.1, 0.15) is 0 Å². The first kappa shape index (κ1) is 12.1. The SMILES string of the molecule is Cc1cc(C#Cc2ccc(N)c(C)c2)ccc1N. The third kappa shape index (κ3) is 2.64. The molecule has 2 nitrogen and oxygen atoms in total. The van der Waals surface area contributed by atoms with Gasteiger partial charge in [0.2, 0.25) is 0 Å². The summed E-state index contributed by atoms with van der Waals surface area (Å²) in [6.45, 7) is 3.96.